The maximum absolute atomic E-state index is 13.6. The van der Waals surface area contributed by atoms with Gasteiger partial charge in [0.2, 0.25) is 0 Å². The van der Waals surface area contributed by atoms with E-state index in [-0.39, 0.29) is 28.8 Å². The van der Waals surface area contributed by atoms with Crippen LogP contribution >= 0.6 is 23.2 Å². The second-order valence-electron chi connectivity index (χ2n) is 8.11. The molecule has 1 amide bonds. The lowest BCUT2D eigenvalue weighted by molar-refractivity contribution is 0.0389. The van der Waals surface area contributed by atoms with Crippen LogP contribution in [0.5, 0.6) is 0 Å². The molecule has 1 fully saturated rings. The van der Waals surface area contributed by atoms with E-state index in [1.165, 1.54) is 12.1 Å². The molecule has 3 heterocycles. The molecule has 7 heteroatoms. The van der Waals surface area contributed by atoms with Crippen molar-refractivity contribution in [2.45, 2.75) is 44.7 Å². The van der Waals surface area contributed by atoms with Crippen molar-refractivity contribution < 1.29 is 9.18 Å². The second-order valence-corrected chi connectivity index (χ2v) is 8.89. The van der Waals surface area contributed by atoms with Crippen molar-refractivity contribution >= 4 is 29.1 Å². The summed E-state index contributed by atoms with van der Waals surface area (Å²) >= 11 is 12.5. The Labute approximate surface area is 190 Å². The molecule has 2 bridgehead atoms. The van der Waals surface area contributed by atoms with Crippen molar-refractivity contribution in [3.8, 4) is 11.3 Å². The number of carbonyl (C=O) groups excluding carboxylic acids is 1. The first-order valence-electron chi connectivity index (χ1n) is 10.3. The standard InChI is InChI=1S/C24H20Cl2FN3O/c1-13-28-22(14-8-10-15(27)11-9-14)18-12-16-4-2-7-20(23(18)29-13)30(16)24(31)17-5-3-6-19(25)21(17)26/h3,5-6,8-11,16,20H,2,4,7,12H2,1H3/t16-,20+/m0/s1. The highest BCUT2D eigenvalue weighted by Gasteiger charge is 2.43. The number of amides is 1. The number of rotatable bonds is 2. The molecule has 0 N–H and O–H groups in total. The van der Waals surface area contributed by atoms with Gasteiger partial charge < -0.3 is 4.90 Å². The molecule has 0 spiro atoms. The van der Waals surface area contributed by atoms with E-state index >= 15 is 0 Å². The normalized spacial score (nSPS) is 19.8. The lowest BCUT2D eigenvalue weighted by Crippen LogP contribution is -2.50. The average molecular weight is 456 g/mol. The quantitative estimate of drug-likeness (QED) is 0.462. The Balaban J connectivity index is 1.62. The molecule has 3 aromatic rings. The van der Waals surface area contributed by atoms with E-state index < -0.39 is 0 Å². The van der Waals surface area contributed by atoms with Gasteiger partial charge in [-0.2, -0.15) is 0 Å². The van der Waals surface area contributed by atoms with E-state index in [0.717, 1.165) is 41.8 Å². The summed E-state index contributed by atoms with van der Waals surface area (Å²) in [4.78, 5) is 25.0. The van der Waals surface area contributed by atoms with Crippen LogP contribution in [-0.2, 0) is 6.42 Å². The Morgan fingerprint density at radius 3 is 2.65 bits per heavy atom. The molecule has 1 aromatic heterocycles. The summed E-state index contributed by atoms with van der Waals surface area (Å²) in [5.41, 5.74) is 4.03. The highest BCUT2D eigenvalue weighted by molar-refractivity contribution is 6.43. The van der Waals surface area contributed by atoms with Gasteiger partial charge in [-0.25, -0.2) is 14.4 Å². The van der Waals surface area contributed by atoms with Crippen LogP contribution in [0.25, 0.3) is 11.3 Å². The number of fused-ring (bicyclic) bond motifs is 4. The van der Waals surface area contributed by atoms with Gasteiger partial charge in [-0.1, -0.05) is 29.3 Å². The fourth-order valence-corrected chi connectivity index (χ4v) is 5.22. The van der Waals surface area contributed by atoms with Crippen LogP contribution in [-0.4, -0.2) is 26.8 Å². The van der Waals surface area contributed by atoms with Crippen molar-refractivity contribution in [2.24, 2.45) is 0 Å². The van der Waals surface area contributed by atoms with Crippen LogP contribution in [0.2, 0.25) is 10.0 Å². The van der Waals surface area contributed by atoms with E-state index in [1.807, 2.05) is 11.8 Å². The number of hydrogen-bond donors (Lipinski definition) is 0. The molecule has 1 saturated heterocycles. The minimum Gasteiger partial charge on any atom is -0.327 e. The average Bonchev–Trinajstić information content (AvgIpc) is 2.76. The van der Waals surface area contributed by atoms with Gasteiger partial charge in [0.25, 0.3) is 5.91 Å². The summed E-state index contributed by atoms with van der Waals surface area (Å²) in [5, 5.41) is 0.649. The summed E-state index contributed by atoms with van der Waals surface area (Å²) in [6.45, 7) is 1.85. The third-order valence-corrected chi connectivity index (χ3v) is 7.00. The monoisotopic (exact) mass is 455 g/mol. The number of hydrogen-bond acceptors (Lipinski definition) is 3. The predicted molar refractivity (Wildman–Crippen MR) is 119 cm³/mol. The SMILES string of the molecule is Cc1nc(-c2ccc(F)cc2)c2c(n1)[C@H]1CCC[C@@H](C2)N1C(=O)c1cccc(Cl)c1Cl. The van der Waals surface area contributed by atoms with Gasteiger partial charge >= 0.3 is 0 Å². The number of benzene rings is 2. The first-order valence-corrected chi connectivity index (χ1v) is 11.1. The van der Waals surface area contributed by atoms with E-state index in [1.54, 1.807) is 30.3 Å². The maximum Gasteiger partial charge on any atom is 0.256 e. The van der Waals surface area contributed by atoms with Crippen LogP contribution in [0.1, 0.15) is 52.7 Å². The molecule has 2 aromatic carbocycles. The summed E-state index contributed by atoms with van der Waals surface area (Å²) in [5.74, 6) is 0.234. The summed E-state index contributed by atoms with van der Waals surface area (Å²) in [6.07, 6.45) is 3.41. The van der Waals surface area contributed by atoms with Gasteiger partial charge in [0.15, 0.2) is 0 Å². The molecule has 2 aliphatic rings. The van der Waals surface area contributed by atoms with Crippen molar-refractivity contribution in [2.75, 3.05) is 0 Å². The molecular weight excluding hydrogens is 436 g/mol. The number of aryl methyl sites for hydroxylation is 1. The van der Waals surface area contributed by atoms with Gasteiger partial charge in [-0.3, -0.25) is 4.79 Å². The minimum atomic E-state index is -0.282. The van der Waals surface area contributed by atoms with Gasteiger partial charge in [-0.05, 0) is 69.0 Å². The van der Waals surface area contributed by atoms with Gasteiger partial charge in [0, 0.05) is 17.2 Å². The van der Waals surface area contributed by atoms with Gasteiger partial charge in [0.1, 0.15) is 11.6 Å². The van der Waals surface area contributed by atoms with Crippen molar-refractivity contribution in [3.63, 3.8) is 0 Å². The molecule has 2 aliphatic heterocycles. The third kappa shape index (κ3) is 3.50. The van der Waals surface area contributed by atoms with Crippen molar-refractivity contribution in [3.05, 3.63) is 81.0 Å². The largest absolute Gasteiger partial charge is 0.327 e. The zero-order valence-electron chi connectivity index (χ0n) is 16.9. The van der Waals surface area contributed by atoms with Gasteiger partial charge in [-0.15, -0.1) is 0 Å². The Hall–Kier alpha value is -2.50. The Morgan fingerprint density at radius 2 is 1.87 bits per heavy atom. The minimum absolute atomic E-state index is 0.0271. The van der Waals surface area contributed by atoms with Crippen LogP contribution in [0.15, 0.2) is 42.5 Å². The Morgan fingerprint density at radius 1 is 1.10 bits per heavy atom. The highest BCUT2D eigenvalue weighted by Crippen LogP contribution is 2.44. The third-order valence-electron chi connectivity index (χ3n) is 6.18. The molecular formula is C24H20Cl2FN3O. The number of carbonyl (C=O) groups is 1. The second kappa shape index (κ2) is 7.88. The molecule has 158 valence electrons. The summed E-state index contributed by atoms with van der Waals surface area (Å²) in [6, 6.07) is 11.4. The topological polar surface area (TPSA) is 46.1 Å². The first kappa shape index (κ1) is 20.4. The van der Waals surface area contributed by atoms with Crippen LogP contribution in [0, 0.1) is 12.7 Å². The molecule has 0 saturated carbocycles. The summed E-state index contributed by atoms with van der Waals surface area (Å²) < 4.78 is 13.5. The molecule has 31 heavy (non-hydrogen) atoms. The predicted octanol–water partition coefficient (Wildman–Crippen LogP) is 6.19. The maximum atomic E-state index is 13.6. The number of nitrogens with zero attached hydrogens (tertiary/aromatic N) is 3. The van der Waals surface area contributed by atoms with Crippen LogP contribution < -0.4 is 0 Å². The van der Waals surface area contributed by atoms with Crippen LogP contribution in [0.4, 0.5) is 4.39 Å². The van der Waals surface area contributed by atoms with E-state index in [2.05, 4.69) is 0 Å². The van der Waals surface area contributed by atoms with Gasteiger partial charge in [0.05, 0.1) is 33.0 Å². The number of aromatic nitrogens is 2. The first-order chi connectivity index (χ1) is 14.9. The van der Waals surface area contributed by atoms with Crippen molar-refractivity contribution in [1.82, 2.24) is 14.9 Å². The molecule has 0 unspecified atom stereocenters. The van der Waals surface area contributed by atoms with E-state index in [4.69, 9.17) is 33.2 Å². The molecule has 0 radical (unpaired) electrons. The fourth-order valence-electron chi connectivity index (χ4n) is 4.84. The Bertz CT molecular complexity index is 1180. The highest BCUT2D eigenvalue weighted by atomic mass is 35.5. The molecule has 0 aliphatic carbocycles. The van der Waals surface area contributed by atoms with E-state index in [9.17, 15) is 9.18 Å². The molecule has 4 nitrogen and oxygen atoms in total. The zero-order chi connectivity index (χ0) is 21.7. The summed E-state index contributed by atoms with van der Waals surface area (Å²) in [7, 11) is 0. The lowest BCUT2D eigenvalue weighted by Gasteiger charge is -2.46. The molecule has 2 atom stereocenters. The number of halogens is 3. The fraction of sp³-hybridized carbons (Fsp3) is 0.292. The zero-order valence-corrected chi connectivity index (χ0v) is 18.4. The van der Waals surface area contributed by atoms with Crippen molar-refractivity contribution in [1.29, 1.82) is 0 Å². The Kier molecular flexibility index (Phi) is 5.19. The molecule has 5 rings (SSSR count). The smallest absolute Gasteiger partial charge is 0.256 e. The lowest BCUT2D eigenvalue weighted by atomic mass is 9.80. The number of piperidine rings is 1. The van der Waals surface area contributed by atoms with Crippen LogP contribution in [0.3, 0.4) is 0 Å². The van der Waals surface area contributed by atoms with E-state index in [0.29, 0.717) is 22.8 Å².